The predicted molar refractivity (Wildman–Crippen MR) is 133 cm³/mol. The van der Waals surface area contributed by atoms with Crippen LogP contribution in [0.25, 0.3) is 11.3 Å². The Morgan fingerprint density at radius 3 is 2.63 bits per heavy atom. The van der Waals surface area contributed by atoms with Gasteiger partial charge in [0.05, 0.1) is 18.9 Å². The van der Waals surface area contributed by atoms with Gasteiger partial charge in [-0.05, 0) is 35.2 Å². The quantitative estimate of drug-likeness (QED) is 0.542. The highest BCUT2D eigenvalue weighted by Crippen LogP contribution is 2.22. The average molecular weight is 474 g/mol. The van der Waals surface area contributed by atoms with Crippen molar-refractivity contribution in [2.75, 3.05) is 39.8 Å². The Kier molecular flexibility index (Phi) is 6.92. The largest absolute Gasteiger partial charge is 0.481 e. The molecule has 1 aromatic carbocycles. The van der Waals surface area contributed by atoms with Crippen molar-refractivity contribution in [2.24, 2.45) is 0 Å². The second-order valence-corrected chi connectivity index (χ2v) is 9.20. The Hall–Kier alpha value is -3.49. The number of β-amino-alcohol motifs (C(OH)–C–C–N with tert-alkyl or cyclic N) is 1. The van der Waals surface area contributed by atoms with Gasteiger partial charge >= 0.3 is 6.03 Å². The number of rotatable bonds is 8. The van der Waals surface area contributed by atoms with Crippen molar-refractivity contribution in [3.8, 4) is 17.1 Å². The molecule has 2 amide bonds. The van der Waals surface area contributed by atoms with Crippen molar-refractivity contribution < 1.29 is 14.6 Å². The molecule has 2 aliphatic heterocycles. The lowest BCUT2D eigenvalue weighted by Crippen LogP contribution is -2.43. The molecular formula is C27H31N5O3. The van der Waals surface area contributed by atoms with Crippen molar-refractivity contribution >= 4 is 6.03 Å². The molecule has 1 saturated heterocycles. The average Bonchev–Trinajstić information content (AvgIpc) is 3.22. The van der Waals surface area contributed by atoms with E-state index in [0.29, 0.717) is 38.6 Å². The molecule has 0 saturated carbocycles. The highest BCUT2D eigenvalue weighted by Gasteiger charge is 2.30. The summed E-state index contributed by atoms with van der Waals surface area (Å²) in [6.45, 7) is 4.48. The molecule has 3 aromatic rings. The monoisotopic (exact) mass is 473 g/mol. The molecule has 0 aliphatic carbocycles. The number of pyridine rings is 2. The van der Waals surface area contributed by atoms with E-state index in [4.69, 9.17) is 4.74 Å². The van der Waals surface area contributed by atoms with E-state index < -0.39 is 6.10 Å². The third-order valence-electron chi connectivity index (χ3n) is 6.73. The van der Waals surface area contributed by atoms with Crippen LogP contribution >= 0.6 is 0 Å². The van der Waals surface area contributed by atoms with Gasteiger partial charge in [-0.15, -0.1) is 0 Å². The number of carbonyl (C=O) groups excluding carboxylic acids is 1. The van der Waals surface area contributed by atoms with E-state index >= 15 is 0 Å². The van der Waals surface area contributed by atoms with Gasteiger partial charge < -0.3 is 19.6 Å². The number of nitrogens with zero attached hydrogens (tertiary/aromatic N) is 5. The number of fused-ring (bicyclic) bond motifs is 1. The van der Waals surface area contributed by atoms with E-state index in [2.05, 4.69) is 39.1 Å². The van der Waals surface area contributed by atoms with Gasteiger partial charge in [-0.25, -0.2) is 9.78 Å². The topological polar surface area (TPSA) is 82.0 Å². The number of aromatic nitrogens is 2. The summed E-state index contributed by atoms with van der Waals surface area (Å²) in [4.78, 5) is 27.5. The normalized spacial score (nSPS) is 16.9. The Labute approximate surface area is 205 Å². The van der Waals surface area contributed by atoms with Crippen LogP contribution in [0.3, 0.4) is 0 Å². The van der Waals surface area contributed by atoms with E-state index in [9.17, 15) is 9.90 Å². The number of ether oxygens (including phenoxy) is 1. The minimum Gasteiger partial charge on any atom is -0.481 e. The number of carbonyl (C=O) groups is 1. The zero-order valence-electron chi connectivity index (χ0n) is 20.0. The number of methoxy groups -OCH3 is 1. The molecule has 182 valence electrons. The molecule has 1 N–H and O–H groups in total. The SMILES string of the molecule is COc1cc(-c2ccc(CN3CCN(C[C@H](O)CN4CCc5ccccc5C4)C3=O)cn2)ccn1. The van der Waals surface area contributed by atoms with Crippen LogP contribution in [0.2, 0.25) is 0 Å². The summed E-state index contributed by atoms with van der Waals surface area (Å²) in [6, 6.07) is 16.1. The van der Waals surface area contributed by atoms with Crippen LogP contribution in [0.4, 0.5) is 4.79 Å². The number of hydrogen-bond acceptors (Lipinski definition) is 6. The fourth-order valence-electron chi connectivity index (χ4n) is 4.86. The summed E-state index contributed by atoms with van der Waals surface area (Å²) in [5, 5.41) is 10.7. The Bertz CT molecular complexity index is 1170. The summed E-state index contributed by atoms with van der Waals surface area (Å²) in [6.07, 6.45) is 3.93. The van der Waals surface area contributed by atoms with Crippen LogP contribution in [-0.4, -0.2) is 81.7 Å². The summed E-state index contributed by atoms with van der Waals surface area (Å²) in [5.74, 6) is 0.545. The van der Waals surface area contributed by atoms with Crippen molar-refractivity contribution in [2.45, 2.75) is 25.6 Å². The number of aliphatic hydroxyl groups is 1. The molecule has 1 atom stereocenters. The van der Waals surface area contributed by atoms with Gasteiger partial charge in [-0.3, -0.25) is 9.88 Å². The van der Waals surface area contributed by atoms with Crippen LogP contribution in [0, 0.1) is 0 Å². The number of urea groups is 1. The molecule has 8 heteroatoms. The van der Waals surface area contributed by atoms with Crippen LogP contribution in [0.1, 0.15) is 16.7 Å². The van der Waals surface area contributed by atoms with Gasteiger partial charge in [0.15, 0.2) is 0 Å². The molecule has 0 spiro atoms. The molecule has 0 unspecified atom stereocenters. The highest BCUT2D eigenvalue weighted by molar-refractivity contribution is 5.76. The predicted octanol–water partition coefficient (Wildman–Crippen LogP) is 2.81. The minimum absolute atomic E-state index is 0.0315. The first-order chi connectivity index (χ1) is 17.1. The standard InChI is InChI=1S/C27H31N5O3/c1-35-26-14-22(8-10-28-26)25-7-6-20(15-29-25)16-31-12-13-32(27(31)34)19-24(33)18-30-11-9-21-4-2-3-5-23(21)17-30/h2-8,10,14-15,24,33H,9,11-13,16-19H2,1H3/t24-/m1/s1. The van der Waals surface area contributed by atoms with Crippen molar-refractivity contribution in [3.63, 3.8) is 0 Å². The fourth-order valence-corrected chi connectivity index (χ4v) is 4.86. The maximum absolute atomic E-state index is 12.9. The molecule has 0 bridgehead atoms. The van der Waals surface area contributed by atoms with E-state index in [1.54, 1.807) is 24.4 Å². The van der Waals surface area contributed by atoms with E-state index in [1.807, 2.05) is 29.2 Å². The van der Waals surface area contributed by atoms with Crippen LogP contribution in [0.5, 0.6) is 5.88 Å². The molecular weight excluding hydrogens is 442 g/mol. The van der Waals surface area contributed by atoms with Gasteiger partial charge in [0, 0.05) is 69.8 Å². The molecule has 4 heterocycles. The summed E-state index contributed by atoms with van der Waals surface area (Å²) >= 11 is 0. The zero-order valence-corrected chi connectivity index (χ0v) is 20.0. The van der Waals surface area contributed by atoms with Crippen LogP contribution in [-0.2, 0) is 19.5 Å². The third kappa shape index (κ3) is 5.44. The van der Waals surface area contributed by atoms with Gasteiger partial charge in [-0.2, -0.15) is 0 Å². The lowest BCUT2D eigenvalue weighted by Gasteiger charge is -2.31. The van der Waals surface area contributed by atoms with Gasteiger partial charge in [0.1, 0.15) is 0 Å². The first-order valence-corrected chi connectivity index (χ1v) is 12.1. The minimum atomic E-state index is -0.567. The zero-order chi connectivity index (χ0) is 24.2. The second kappa shape index (κ2) is 10.4. The maximum atomic E-state index is 12.9. The van der Waals surface area contributed by atoms with Crippen LogP contribution < -0.4 is 4.74 Å². The molecule has 1 fully saturated rings. The first-order valence-electron chi connectivity index (χ1n) is 12.1. The number of benzene rings is 1. The number of aliphatic hydroxyl groups excluding tert-OH is 1. The molecule has 8 nitrogen and oxygen atoms in total. The van der Waals surface area contributed by atoms with Gasteiger partial charge in [0.2, 0.25) is 5.88 Å². The van der Waals surface area contributed by atoms with E-state index in [1.165, 1.54) is 11.1 Å². The second-order valence-electron chi connectivity index (χ2n) is 9.20. The van der Waals surface area contributed by atoms with Crippen molar-refractivity contribution in [1.82, 2.24) is 24.7 Å². The van der Waals surface area contributed by atoms with E-state index in [-0.39, 0.29) is 6.03 Å². The Balaban J connectivity index is 1.13. The highest BCUT2D eigenvalue weighted by atomic mass is 16.5. The number of hydrogen-bond donors (Lipinski definition) is 1. The van der Waals surface area contributed by atoms with Crippen molar-refractivity contribution in [3.05, 3.63) is 77.6 Å². The lowest BCUT2D eigenvalue weighted by atomic mass is 10.00. The van der Waals surface area contributed by atoms with Crippen LogP contribution in [0.15, 0.2) is 60.9 Å². The van der Waals surface area contributed by atoms with Crippen molar-refractivity contribution in [1.29, 1.82) is 0 Å². The summed E-state index contributed by atoms with van der Waals surface area (Å²) in [5.41, 5.74) is 5.45. The fraction of sp³-hybridized carbons (Fsp3) is 0.370. The smallest absolute Gasteiger partial charge is 0.320 e. The molecule has 0 radical (unpaired) electrons. The summed E-state index contributed by atoms with van der Waals surface area (Å²) < 4.78 is 5.19. The number of amides is 2. The molecule has 2 aromatic heterocycles. The molecule has 5 rings (SSSR count). The van der Waals surface area contributed by atoms with E-state index in [0.717, 1.165) is 36.3 Å². The maximum Gasteiger partial charge on any atom is 0.320 e. The Morgan fingerprint density at radius 1 is 1.00 bits per heavy atom. The third-order valence-corrected chi connectivity index (χ3v) is 6.73. The first kappa shape index (κ1) is 23.3. The van der Waals surface area contributed by atoms with Gasteiger partial charge in [0.25, 0.3) is 0 Å². The lowest BCUT2D eigenvalue weighted by molar-refractivity contribution is 0.0812. The Morgan fingerprint density at radius 2 is 1.83 bits per heavy atom. The molecule has 35 heavy (non-hydrogen) atoms. The molecule has 2 aliphatic rings. The van der Waals surface area contributed by atoms with Gasteiger partial charge in [-0.1, -0.05) is 30.3 Å². The summed E-state index contributed by atoms with van der Waals surface area (Å²) in [7, 11) is 1.59.